The number of hydrogen-bond acceptors (Lipinski definition) is 4. The standard InChI is InChI=1S/C24H34O4/c1-15(25)28-17-9-11-23(2)16(13-17)5-6-18-19-7-8-21(22(26)14-27-4)24(19,3)12-10-20(18)23/h5,8,17-20H,6-7,9-14H2,1-4H3/t17?,18-,19-,20-,23-,24-/m0/s1. The van der Waals surface area contributed by atoms with E-state index in [9.17, 15) is 9.59 Å². The normalized spacial score (nSPS) is 41.9. The molecule has 4 aliphatic carbocycles. The molecule has 2 saturated carbocycles. The molecule has 0 radical (unpaired) electrons. The molecule has 1 unspecified atom stereocenters. The Bertz CT molecular complexity index is 735. The van der Waals surface area contributed by atoms with Crippen LogP contribution in [0.3, 0.4) is 0 Å². The average molecular weight is 387 g/mol. The highest BCUT2D eigenvalue weighted by Gasteiger charge is 2.57. The summed E-state index contributed by atoms with van der Waals surface area (Å²) < 4.78 is 10.7. The third kappa shape index (κ3) is 2.99. The molecular weight excluding hydrogens is 352 g/mol. The van der Waals surface area contributed by atoms with E-state index in [0.29, 0.717) is 17.8 Å². The molecule has 0 heterocycles. The maximum Gasteiger partial charge on any atom is 0.302 e. The topological polar surface area (TPSA) is 52.6 Å². The Kier molecular flexibility index (Phi) is 5.06. The Morgan fingerprint density at radius 3 is 2.54 bits per heavy atom. The first-order chi connectivity index (χ1) is 13.3. The number of carbonyl (C=O) groups excluding carboxylic acids is 2. The molecule has 0 aromatic heterocycles. The van der Waals surface area contributed by atoms with Crippen LogP contribution in [0, 0.1) is 28.6 Å². The quantitative estimate of drug-likeness (QED) is 0.522. The third-order valence-corrected chi connectivity index (χ3v) is 8.55. The largest absolute Gasteiger partial charge is 0.462 e. The van der Waals surface area contributed by atoms with Gasteiger partial charge in [-0.2, -0.15) is 0 Å². The fourth-order valence-electron chi connectivity index (χ4n) is 7.17. The van der Waals surface area contributed by atoms with E-state index in [2.05, 4.69) is 26.0 Å². The van der Waals surface area contributed by atoms with E-state index in [1.807, 2.05) is 0 Å². The van der Waals surface area contributed by atoms with Crippen LogP contribution >= 0.6 is 0 Å². The van der Waals surface area contributed by atoms with E-state index in [-0.39, 0.29) is 35.3 Å². The molecule has 28 heavy (non-hydrogen) atoms. The number of ketones is 1. The highest BCUT2D eigenvalue weighted by molar-refractivity contribution is 5.98. The Balaban J connectivity index is 1.56. The molecule has 4 nitrogen and oxygen atoms in total. The molecule has 0 spiro atoms. The maximum absolute atomic E-state index is 12.6. The molecule has 4 aliphatic rings. The lowest BCUT2D eigenvalue weighted by Crippen LogP contribution is -2.50. The summed E-state index contributed by atoms with van der Waals surface area (Å²) in [5.41, 5.74) is 2.76. The lowest BCUT2D eigenvalue weighted by atomic mass is 9.47. The number of esters is 1. The van der Waals surface area contributed by atoms with Gasteiger partial charge in [0.15, 0.2) is 5.78 Å². The van der Waals surface area contributed by atoms with Gasteiger partial charge in [0.2, 0.25) is 0 Å². The second-order valence-corrected chi connectivity index (χ2v) is 9.90. The number of fused-ring (bicyclic) bond motifs is 5. The van der Waals surface area contributed by atoms with Gasteiger partial charge in [-0.3, -0.25) is 9.59 Å². The monoisotopic (exact) mass is 386 g/mol. The second kappa shape index (κ2) is 7.12. The minimum Gasteiger partial charge on any atom is -0.462 e. The van der Waals surface area contributed by atoms with Gasteiger partial charge in [-0.25, -0.2) is 0 Å². The molecule has 0 amide bonds. The zero-order valence-corrected chi connectivity index (χ0v) is 17.8. The number of rotatable bonds is 4. The van der Waals surface area contributed by atoms with E-state index >= 15 is 0 Å². The molecule has 4 rings (SSSR count). The van der Waals surface area contributed by atoms with Crippen LogP contribution in [-0.2, 0) is 19.1 Å². The maximum atomic E-state index is 12.6. The van der Waals surface area contributed by atoms with Crippen molar-refractivity contribution in [3.8, 4) is 0 Å². The van der Waals surface area contributed by atoms with Crippen LogP contribution in [0.15, 0.2) is 23.3 Å². The highest BCUT2D eigenvalue weighted by Crippen LogP contribution is 2.65. The minimum atomic E-state index is -0.165. The summed E-state index contributed by atoms with van der Waals surface area (Å²) in [5.74, 6) is 1.88. The van der Waals surface area contributed by atoms with Crippen molar-refractivity contribution in [2.45, 2.75) is 71.8 Å². The average Bonchev–Trinajstić information content (AvgIpc) is 2.99. The van der Waals surface area contributed by atoms with Crippen molar-refractivity contribution >= 4 is 11.8 Å². The number of Topliss-reactive ketones (excluding diaryl/α,β-unsaturated/α-hetero) is 1. The molecule has 6 atom stereocenters. The molecule has 0 N–H and O–H groups in total. The van der Waals surface area contributed by atoms with Gasteiger partial charge in [0.05, 0.1) is 0 Å². The van der Waals surface area contributed by atoms with Crippen molar-refractivity contribution in [3.05, 3.63) is 23.3 Å². The van der Waals surface area contributed by atoms with Crippen LogP contribution in [0.4, 0.5) is 0 Å². The summed E-state index contributed by atoms with van der Waals surface area (Å²) in [6, 6.07) is 0. The van der Waals surface area contributed by atoms with Crippen molar-refractivity contribution < 1.29 is 19.1 Å². The van der Waals surface area contributed by atoms with Crippen LogP contribution in [-0.4, -0.2) is 31.6 Å². The van der Waals surface area contributed by atoms with Crippen molar-refractivity contribution in [1.29, 1.82) is 0 Å². The van der Waals surface area contributed by atoms with Crippen LogP contribution in [0.1, 0.15) is 65.7 Å². The predicted molar refractivity (Wildman–Crippen MR) is 108 cm³/mol. The van der Waals surface area contributed by atoms with Gasteiger partial charge >= 0.3 is 5.97 Å². The number of methoxy groups -OCH3 is 1. The van der Waals surface area contributed by atoms with Gasteiger partial charge in [0.25, 0.3) is 0 Å². The fraction of sp³-hybridized carbons (Fsp3) is 0.750. The van der Waals surface area contributed by atoms with Crippen molar-refractivity contribution in [1.82, 2.24) is 0 Å². The third-order valence-electron chi connectivity index (χ3n) is 8.55. The SMILES string of the molecule is COCC(=O)C1=CC[C@H]2[C@@H]3CC=C4CC(OC(C)=O)CC[C@]4(C)[C@H]3CC[C@]12C. The summed E-state index contributed by atoms with van der Waals surface area (Å²) in [6.45, 7) is 6.47. The molecule has 2 fully saturated rings. The molecule has 0 aliphatic heterocycles. The van der Waals surface area contributed by atoms with E-state index in [0.717, 1.165) is 44.1 Å². The van der Waals surface area contributed by atoms with Crippen molar-refractivity contribution in [3.63, 3.8) is 0 Å². The molecule has 0 saturated heterocycles. The van der Waals surface area contributed by atoms with Crippen LogP contribution in [0.5, 0.6) is 0 Å². The number of allylic oxidation sites excluding steroid dienone is 2. The van der Waals surface area contributed by atoms with E-state index in [1.54, 1.807) is 7.11 Å². The molecule has 0 aromatic carbocycles. The van der Waals surface area contributed by atoms with Gasteiger partial charge in [-0.15, -0.1) is 0 Å². The van der Waals surface area contributed by atoms with Crippen LogP contribution < -0.4 is 0 Å². The minimum absolute atomic E-state index is 0.00737. The lowest BCUT2D eigenvalue weighted by molar-refractivity contribution is -0.148. The van der Waals surface area contributed by atoms with E-state index < -0.39 is 0 Å². The zero-order valence-electron chi connectivity index (χ0n) is 17.8. The van der Waals surface area contributed by atoms with E-state index in [4.69, 9.17) is 9.47 Å². The van der Waals surface area contributed by atoms with Gasteiger partial charge in [-0.1, -0.05) is 31.6 Å². The first-order valence-corrected chi connectivity index (χ1v) is 10.9. The Morgan fingerprint density at radius 1 is 1.07 bits per heavy atom. The zero-order chi connectivity index (χ0) is 20.1. The first kappa shape index (κ1) is 19.9. The highest BCUT2D eigenvalue weighted by atomic mass is 16.5. The molecule has 0 aromatic rings. The van der Waals surface area contributed by atoms with Crippen molar-refractivity contribution in [2.75, 3.05) is 13.7 Å². The number of carbonyl (C=O) groups is 2. The Hall–Kier alpha value is -1.42. The first-order valence-electron chi connectivity index (χ1n) is 10.9. The summed E-state index contributed by atoms with van der Waals surface area (Å²) in [5, 5.41) is 0. The second-order valence-electron chi connectivity index (χ2n) is 9.90. The summed E-state index contributed by atoms with van der Waals surface area (Å²) in [7, 11) is 1.60. The van der Waals surface area contributed by atoms with Crippen LogP contribution in [0.25, 0.3) is 0 Å². The predicted octanol–water partition coefficient (Wildman–Crippen LogP) is 4.63. The summed E-state index contributed by atoms with van der Waals surface area (Å²) >= 11 is 0. The molecule has 154 valence electrons. The van der Waals surface area contributed by atoms with Crippen LogP contribution in [0.2, 0.25) is 0 Å². The molecule has 0 bridgehead atoms. The van der Waals surface area contributed by atoms with E-state index in [1.165, 1.54) is 18.9 Å². The lowest BCUT2D eigenvalue weighted by Gasteiger charge is -2.57. The van der Waals surface area contributed by atoms with Crippen molar-refractivity contribution in [2.24, 2.45) is 28.6 Å². The summed E-state index contributed by atoms with van der Waals surface area (Å²) in [4.78, 5) is 24.0. The van der Waals surface area contributed by atoms with Gasteiger partial charge in [0.1, 0.15) is 12.7 Å². The van der Waals surface area contributed by atoms with Gasteiger partial charge in [-0.05, 0) is 72.7 Å². The summed E-state index contributed by atoms with van der Waals surface area (Å²) in [6.07, 6.45) is 12.1. The van der Waals surface area contributed by atoms with Gasteiger partial charge in [0, 0.05) is 20.5 Å². The fourth-order valence-corrected chi connectivity index (χ4v) is 7.17. The smallest absolute Gasteiger partial charge is 0.302 e. The number of hydrogen-bond donors (Lipinski definition) is 0. The Labute approximate surface area is 168 Å². The molecular formula is C24H34O4. The Morgan fingerprint density at radius 2 is 1.82 bits per heavy atom. The molecule has 4 heteroatoms. The number of ether oxygens (including phenoxy) is 2. The van der Waals surface area contributed by atoms with Gasteiger partial charge < -0.3 is 9.47 Å².